The molecule has 0 aliphatic heterocycles. The number of hydrogen-bond donors (Lipinski definition) is 3. The molecule has 12 heteroatoms. The third-order valence-electron chi connectivity index (χ3n) is 4.90. The maximum Gasteiger partial charge on any atom is 0.329 e. The van der Waals surface area contributed by atoms with Crippen LogP contribution in [0.25, 0.3) is 0 Å². The van der Waals surface area contributed by atoms with Crippen molar-refractivity contribution in [2.24, 2.45) is 5.10 Å². The third kappa shape index (κ3) is 9.33. The number of halogens is 2. The van der Waals surface area contributed by atoms with Crippen LogP contribution in [0.15, 0.2) is 78.4 Å². The van der Waals surface area contributed by atoms with Gasteiger partial charge in [0.25, 0.3) is 5.91 Å². The monoisotopic (exact) mass is 584 g/mol. The second-order valence-electron chi connectivity index (χ2n) is 7.88. The predicted molar refractivity (Wildman–Crippen MR) is 155 cm³/mol. The van der Waals surface area contributed by atoms with Crippen LogP contribution in [0, 0.1) is 0 Å². The van der Waals surface area contributed by atoms with Gasteiger partial charge in [0, 0.05) is 10.7 Å². The van der Waals surface area contributed by atoms with E-state index in [1.165, 1.54) is 12.3 Å². The molecule has 3 amide bonds. The van der Waals surface area contributed by atoms with Crippen LogP contribution in [-0.2, 0) is 14.4 Å². The summed E-state index contributed by atoms with van der Waals surface area (Å²) in [5, 5.41) is 9.68. The van der Waals surface area contributed by atoms with E-state index in [9.17, 15) is 14.4 Å². The lowest BCUT2D eigenvalue weighted by Gasteiger charge is -2.13. The first-order valence-electron chi connectivity index (χ1n) is 11.9. The molecule has 0 aliphatic rings. The van der Waals surface area contributed by atoms with Crippen molar-refractivity contribution < 1.29 is 28.6 Å². The standard InChI is InChI=1S/C28H26Cl2N4O6/c1-3-13-39-21-9-7-20(8-10-21)32-27(36)28(37)34-31-16-18-5-12-24(25(14-18)38-4-2)40-17-26(35)33-23-11-6-19(29)15-22(23)30/h3,5-12,14-16H,1,4,13,17H2,2H3,(H,32,36)(H,33,35)(H,34,37)/b31-16-. The summed E-state index contributed by atoms with van der Waals surface area (Å²) in [6, 6.07) is 16.0. The molecule has 3 rings (SSSR count). The van der Waals surface area contributed by atoms with Crippen LogP contribution in [0.4, 0.5) is 11.4 Å². The Morgan fingerprint density at radius 3 is 2.38 bits per heavy atom. The highest BCUT2D eigenvalue weighted by molar-refractivity contribution is 6.39. The molecule has 3 aromatic rings. The summed E-state index contributed by atoms with van der Waals surface area (Å²) in [4.78, 5) is 36.6. The Morgan fingerprint density at radius 2 is 1.68 bits per heavy atom. The zero-order chi connectivity index (χ0) is 28.9. The Morgan fingerprint density at radius 1 is 0.900 bits per heavy atom. The first kappa shape index (κ1) is 30.0. The molecule has 0 aliphatic carbocycles. The zero-order valence-electron chi connectivity index (χ0n) is 21.4. The number of nitrogens with one attached hydrogen (secondary N) is 3. The Hall–Kier alpha value is -4.54. The van der Waals surface area contributed by atoms with Gasteiger partial charge in [0.05, 0.1) is 23.5 Å². The Balaban J connectivity index is 1.53. The molecule has 0 fully saturated rings. The first-order chi connectivity index (χ1) is 19.3. The molecule has 0 unspecified atom stereocenters. The summed E-state index contributed by atoms with van der Waals surface area (Å²) in [5.41, 5.74) is 3.53. The van der Waals surface area contributed by atoms with Crippen molar-refractivity contribution in [2.45, 2.75) is 6.92 Å². The third-order valence-corrected chi connectivity index (χ3v) is 5.45. The number of carbonyl (C=O) groups excluding carboxylic acids is 3. The Labute approximate surface area is 240 Å². The van der Waals surface area contributed by atoms with Crippen molar-refractivity contribution in [1.82, 2.24) is 5.43 Å². The highest BCUT2D eigenvalue weighted by Gasteiger charge is 2.14. The van der Waals surface area contributed by atoms with Crippen LogP contribution in [-0.4, -0.2) is 43.8 Å². The van der Waals surface area contributed by atoms with Gasteiger partial charge in [-0.25, -0.2) is 5.43 Å². The topological polar surface area (TPSA) is 127 Å². The number of amides is 3. The van der Waals surface area contributed by atoms with Crippen molar-refractivity contribution in [3.63, 3.8) is 0 Å². The molecule has 0 bridgehead atoms. The van der Waals surface area contributed by atoms with Gasteiger partial charge in [-0.05, 0) is 73.2 Å². The zero-order valence-corrected chi connectivity index (χ0v) is 22.9. The summed E-state index contributed by atoms with van der Waals surface area (Å²) in [5.74, 6) is -1.01. The molecule has 0 spiro atoms. The van der Waals surface area contributed by atoms with E-state index < -0.39 is 17.7 Å². The molecule has 0 heterocycles. The van der Waals surface area contributed by atoms with Crippen LogP contribution < -0.4 is 30.3 Å². The number of benzene rings is 3. The Kier molecular flexibility index (Phi) is 11.4. The van der Waals surface area contributed by atoms with Crippen molar-refractivity contribution in [2.75, 3.05) is 30.5 Å². The van der Waals surface area contributed by atoms with E-state index in [0.29, 0.717) is 57.4 Å². The van der Waals surface area contributed by atoms with Crippen LogP contribution in [0.2, 0.25) is 10.0 Å². The minimum absolute atomic E-state index is 0.299. The lowest BCUT2D eigenvalue weighted by atomic mass is 10.2. The molecule has 208 valence electrons. The van der Waals surface area contributed by atoms with Gasteiger partial charge >= 0.3 is 11.8 Å². The van der Waals surface area contributed by atoms with E-state index in [1.807, 2.05) is 0 Å². The van der Waals surface area contributed by atoms with Gasteiger partial charge in [-0.2, -0.15) is 5.10 Å². The summed E-state index contributed by atoms with van der Waals surface area (Å²) in [6.45, 7) is 5.75. The normalized spacial score (nSPS) is 10.5. The Bertz CT molecular complexity index is 1400. The largest absolute Gasteiger partial charge is 0.490 e. The molecule has 0 aromatic heterocycles. The van der Waals surface area contributed by atoms with Gasteiger partial charge in [-0.15, -0.1) is 0 Å². The summed E-state index contributed by atoms with van der Waals surface area (Å²) >= 11 is 12.0. The van der Waals surface area contributed by atoms with E-state index >= 15 is 0 Å². The average molecular weight is 585 g/mol. The number of carbonyl (C=O) groups is 3. The fraction of sp³-hybridized carbons (Fsp3) is 0.143. The summed E-state index contributed by atoms with van der Waals surface area (Å²) in [6.07, 6.45) is 2.95. The molecular weight excluding hydrogens is 559 g/mol. The molecule has 0 atom stereocenters. The van der Waals surface area contributed by atoms with Crippen LogP contribution >= 0.6 is 23.2 Å². The van der Waals surface area contributed by atoms with Crippen LogP contribution in [0.1, 0.15) is 12.5 Å². The van der Waals surface area contributed by atoms with Crippen molar-refractivity contribution in [3.05, 3.63) is 88.9 Å². The first-order valence-corrected chi connectivity index (χ1v) is 12.7. The van der Waals surface area contributed by atoms with Crippen molar-refractivity contribution >= 4 is 58.5 Å². The fourth-order valence-electron chi connectivity index (χ4n) is 3.11. The number of nitrogens with zero attached hydrogens (tertiary/aromatic N) is 1. The SMILES string of the molecule is C=CCOc1ccc(NC(=O)C(=O)N/N=C\c2ccc(OCC(=O)Nc3ccc(Cl)cc3Cl)c(OCC)c2)cc1. The van der Waals surface area contributed by atoms with E-state index in [-0.39, 0.29) is 6.61 Å². The maximum absolute atomic E-state index is 12.3. The molecule has 0 saturated carbocycles. The lowest BCUT2D eigenvalue weighted by molar-refractivity contribution is -0.136. The van der Waals surface area contributed by atoms with E-state index in [4.69, 9.17) is 37.4 Å². The molecule has 40 heavy (non-hydrogen) atoms. The smallest absolute Gasteiger partial charge is 0.329 e. The summed E-state index contributed by atoms with van der Waals surface area (Å²) in [7, 11) is 0. The van der Waals surface area contributed by atoms with Crippen molar-refractivity contribution in [3.8, 4) is 17.2 Å². The predicted octanol–water partition coefficient (Wildman–Crippen LogP) is 5.06. The van der Waals surface area contributed by atoms with Gasteiger partial charge in [0.2, 0.25) is 0 Å². The van der Waals surface area contributed by atoms with Gasteiger partial charge < -0.3 is 24.8 Å². The second kappa shape index (κ2) is 15.2. The van der Waals surface area contributed by atoms with Crippen LogP contribution in [0.3, 0.4) is 0 Å². The number of anilines is 2. The molecule has 3 N–H and O–H groups in total. The van der Waals surface area contributed by atoms with Gasteiger partial charge in [-0.3, -0.25) is 14.4 Å². The van der Waals surface area contributed by atoms with Crippen LogP contribution in [0.5, 0.6) is 17.2 Å². The molecule has 3 aromatic carbocycles. The highest BCUT2D eigenvalue weighted by Crippen LogP contribution is 2.29. The maximum atomic E-state index is 12.3. The van der Waals surface area contributed by atoms with E-state index in [0.717, 1.165) is 0 Å². The molecule has 0 saturated heterocycles. The average Bonchev–Trinajstić information content (AvgIpc) is 2.94. The fourth-order valence-corrected chi connectivity index (χ4v) is 3.56. The number of ether oxygens (including phenoxy) is 3. The highest BCUT2D eigenvalue weighted by atomic mass is 35.5. The minimum Gasteiger partial charge on any atom is -0.490 e. The number of rotatable bonds is 12. The molecule has 10 nitrogen and oxygen atoms in total. The van der Waals surface area contributed by atoms with Gasteiger partial charge in [0.15, 0.2) is 18.1 Å². The minimum atomic E-state index is -0.958. The van der Waals surface area contributed by atoms with Gasteiger partial charge in [0.1, 0.15) is 12.4 Å². The number of hydrogen-bond acceptors (Lipinski definition) is 7. The molecule has 0 radical (unpaired) electrons. The molecular formula is C28H26Cl2N4O6. The number of hydrazone groups is 1. The quantitative estimate of drug-likeness (QED) is 0.118. The lowest BCUT2D eigenvalue weighted by Crippen LogP contribution is -2.32. The second-order valence-corrected chi connectivity index (χ2v) is 8.72. The summed E-state index contributed by atoms with van der Waals surface area (Å²) < 4.78 is 16.6. The van der Waals surface area contributed by atoms with Crippen molar-refractivity contribution in [1.29, 1.82) is 0 Å². The van der Waals surface area contributed by atoms with Gasteiger partial charge in [-0.1, -0.05) is 35.9 Å². The van der Waals surface area contributed by atoms with E-state index in [2.05, 4.69) is 27.7 Å². The van der Waals surface area contributed by atoms with E-state index in [1.54, 1.807) is 67.6 Å².